The molecule has 0 amide bonds. The number of halogens is 1. The summed E-state index contributed by atoms with van der Waals surface area (Å²) in [6.07, 6.45) is 6.67. The highest BCUT2D eigenvalue weighted by atomic mass is 79.9. The highest BCUT2D eigenvalue weighted by Crippen LogP contribution is 2.47. The molecule has 1 N–H and O–H groups in total. The van der Waals surface area contributed by atoms with Crippen LogP contribution in [-0.4, -0.2) is 19.7 Å². The highest BCUT2D eigenvalue weighted by Gasteiger charge is 2.42. The maximum atomic E-state index is 5.24. The fourth-order valence-electron chi connectivity index (χ4n) is 2.81. The number of H-pyrrole nitrogens is 1. The second kappa shape index (κ2) is 4.54. The lowest BCUT2D eigenvalue weighted by Gasteiger charge is -2.25. The Kier molecular flexibility index (Phi) is 3.15. The normalized spacial score (nSPS) is 18.3. The van der Waals surface area contributed by atoms with Gasteiger partial charge in [-0.05, 0) is 41.0 Å². The molecule has 0 unspecified atom stereocenters. The van der Waals surface area contributed by atoms with Crippen molar-refractivity contribution in [3.05, 3.63) is 25.6 Å². The van der Waals surface area contributed by atoms with Gasteiger partial charge < -0.3 is 4.57 Å². The number of nitrogens with one attached hydrogen (secondary N) is 1. The second-order valence-electron chi connectivity index (χ2n) is 4.68. The van der Waals surface area contributed by atoms with Gasteiger partial charge in [0.05, 0.1) is 5.41 Å². The van der Waals surface area contributed by atoms with Crippen LogP contribution in [0.5, 0.6) is 0 Å². The van der Waals surface area contributed by atoms with Crippen LogP contribution >= 0.6 is 39.5 Å². The fraction of sp³-hybridized carbons (Fsp3) is 0.545. The third-order valence-electron chi connectivity index (χ3n) is 3.71. The van der Waals surface area contributed by atoms with Gasteiger partial charge in [0.25, 0.3) is 0 Å². The summed E-state index contributed by atoms with van der Waals surface area (Å²) in [7, 11) is 1.98. The molecular formula is C11H13BrN4S2. The Bertz CT molecular complexity index is 621. The van der Waals surface area contributed by atoms with Crippen LogP contribution in [0.2, 0.25) is 0 Å². The first-order valence-corrected chi connectivity index (χ1v) is 7.89. The Balaban J connectivity index is 2.18. The van der Waals surface area contributed by atoms with E-state index in [0.717, 1.165) is 22.6 Å². The van der Waals surface area contributed by atoms with Crippen LogP contribution in [0, 0.1) is 4.77 Å². The van der Waals surface area contributed by atoms with Crippen molar-refractivity contribution < 1.29 is 0 Å². The standard InChI is InChI=1S/C11H13BrN4S2/c1-16-8(14-15-10(16)17)11(4-2-3-5-11)7-6-13-9(12)18-7/h6H,2-5H2,1H3,(H,15,17). The van der Waals surface area contributed by atoms with Crippen molar-refractivity contribution in [3.8, 4) is 0 Å². The smallest absolute Gasteiger partial charge is 0.194 e. The summed E-state index contributed by atoms with van der Waals surface area (Å²) in [5.41, 5.74) is -0.00794. The van der Waals surface area contributed by atoms with Crippen molar-refractivity contribution >= 4 is 39.5 Å². The minimum atomic E-state index is -0.00794. The van der Waals surface area contributed by atoms with E-state index >= 15 is 0 Å². The molecule has 0 aliphatic heterocycles. The van der Waals surface area contributed by atoms with Gasteiger partial charge in [-0.25, -0.2) is 4.98 Å². The van der Waals surface area contributed by atoms with E-state index in [2.05, 4.69) is 31.1 Å². The van der Waals surface area contributed by atoms with E-state index < -0.39 is 0 Å². The van der Waals surface area contributed by atoms with Crippen LogP contribution in [0.25, 0.3) is 0 Å². The Morgan fingerprint density at radius 2 is 2.22 bits per heavy atom. The van der Waals surface area contributed by atoms with Gasteiger partial charge in [0.15, 0.2) is 8.69 Å². The number of nitrogens with zero attached hydrogens (tertiary/aromatic N) is 3. The molecule has 0 spiro atoms. The van der Waals surface area contributed by atoms with Crippen LogP contribution in [-0.2, 0) is 12.5 Å². The van der Waals surface area contributed by atoms with Crippen molar-refractivity contribution in [3.63, 3.8) is 0 Å². The van der Waals surface area contributed by atoms with Gasteiger partial charge in [0.2, 0.25) is 0 Å². The van der Waals surface area contributed by atoms with Gasteiger partial charge >= 0.3 is 0 Å². The van der Waals surface area contributed by atoms with Gasteiger partial charge in [0.1, 0.15) is 5.82 Å². The van der Waals surface area contributed by atoms with Crippen molar-refractivity contribution in [2.45, 2.75) is 31.1 Å². The number of aromatic amines is 1. The summed E-state index contributed by atoms with van der Waals surface area (Å²) in [6, 6.07) is 0. The summed E-state index contributed by atoms with van der Waals surface area (Å²) in [6.45, 7) is 0. The molecule has 4 nitrogen and oxygen atoms in total. The first-order chi connectivity index (χ1) is 8.63. The van der Waals surface area contributed by atoms with Crippen LogP contribution in [0.3, 0.4) is 0 Å². The van der Waals surface area contributed by atoms with E-state index in [1.807, 2.05) is 17.8 Å². The molecule has 3 rings (SSSR count). The Hall–Kier alpha value is -0.530. The minimum Gasteiger partial charge on any atom is -0.307 e. The lowest BCUT2D eigenvalue weighted by Crippen LogP contribution is -2.26. The second-order valence-corrected chi connectivity index (χ2v) is 7.37. The Morgan fingerprint density at radius 1 is 1.50 bits per heavy atom. The highest BCUT2D eigenvalue weighted by molar-refractivity contribution is 9.11. The van der Waals surface area contributed by atoms with Crippen LogP contribution < -0.4 is 0 Å². The van der Waals surface area contributed by atoms with Crippen LogP contribution in [0.1, 0.15) is 36.4 Å². The SMILES string of the molecule is Cn1c(C2(c3cnc(Br)s3)CCCC2)n[nH]c1=S. The summed E-state index contributed by atoms with van der Waals surface area (Å²) in [5.74, 6) is 1.04. The monoisotopic (exact) mass is 344 g/mol. The lowest BCUT2D eigenvalue weighted by molar-refractivity contribution is 0.487. The zero-order valence-corrected chi connectivity index (χ0v) is 13.2. The molecule has 96 valence electrons. The predicted octanol–water partition coefficient (Wildman–Crippen LogP) is 3.56. The zero-order chi connectivity index (χ0) is 12.8. The summed E-state index contributed by atoms with van der Waals surface area (Å²) in [4.78, 5) is 5.61. The van der Waals surface area contributed by atoms with Crippen LogP contribution in [0.15, 0.2) is 10.1 Å². The van der Waals surface area contributed by atoms with Gasteiger partial charge in [-0.2, -0.15) is 5.10 Å². The van der Waals surface area contributed by atoms with E-state index in [-0.39, 0.29) is 5.41 Å². The molecule has 0 aromatic carbocycles. The van der Waals surface area contributed by atoms with Crippen molar-refractivity contribution in [2.24, 2.45) is 7.05 Å². The van der Waals surface area contributed by atoms with E-state index in [9.17, 15) is 0 Å². The molecule has 2 aromatic rings. The van der Waals surface area contributed by atoms with Gasteiger partial charge in [-0.3, -0.25) is 5.10 Å². The van der Waals surface area contributed by atoms with E-state index in [1.54, 1.807) is 11.3 Å². The average Bonchev–Trinajstić information content (AvgIpc) is 3.03. The summed E-state index contributed by atoms with van der Waals surface area (Å²) >= 11 is 10.4. The molecule has 2 aromatic heterocycles. The molecule has 1 aliphatic carbocycles. The molecule has 0 radical (unpaired) electrons. The van der Waals surface area contributed by atoms with E-state index in [1.165, 1.54) is 17.7 Å². The largest absolute Gasteiger partial charge is 0.307 e. The molecule has 1 aliphatic rings. The molecule has 1 saturated carbocycles. The lowest BCUT2D eigenvalue weighted by atomic mass is 9.84. The molecule has 7 heteroatoms. The van der Waals surface area contributed by atoms with Gasteiger partial charge in [-0.15, -0.1) is 11.3 Å². The van der Waals surface area contributed by atoms with Gasteiger partial charge in [-0.1, -0.05) is 12.8 Å². The summed E-state index contributed by atoms with van der Waals surface area (Å²) < 4.78 is 3.61. The third kappa shape index (κ3) is 1.80. The molecule has 18 heavy (non-hydrogen) atoms. The van der Waals surface area contributed by atoms with Crippen molar-refractivity contribution in [1.82, 2.24) is 19.7 Å². The predicted molar refractivity (Wildman–Crippen MR) is 77.5 cm³/mol. The maximum absolute atomic E-state index is 5.24. The Labute approximate surface area is 123 Å². The number of aromatic nitrogens is 4. The van der Waals surface area contributed by atoms with E-state index in [4.69, 9.17) is 12.2 Å². The molecule has 0 bridgehead atoms. The Morgan fingerprint density at radius 3 is 2.72 bits per heavy atom. The van der Waals surface area contributed by atoms with Crippen molar-refractivity contribution in [2.75, 3.05) is 0 Å². The number of thiazole rings is 1. The molecule has 0 saturated heterocycles. The summed E-state index contributed by atoms with van der Waals surface area (Å²) in [5, 5.41) is 7.37. The maximum Gasteiger partial charge on any atom is 0.194 e. The number of hydrogen-bond donors (Lipinski definition) is 1. The zero-order valence-electron chi connectivity index (χ0n) is 9.94. The molecule has 0 atom stereocenters. The fourth-order valence-corrected chi connectivity index (χ4v) is 4.45. The molecule has 2 heterocycles. The number of rotatable bonds is 2. The topological polar surface area (TPSA) is 46.5 Å². The first-order valence-electron chi connectivity index (χ1n) is 5.87. The van der Waals surface area contributed by atoms with Crippen LogP contribution in [0.4, 0.5) is 0 Å². The average molecular weight is 345 g/mol. The first kappa shape index (κ1) is 12.5. The number of hydrogen-bond acceptors (Lipinski definition) is 4. The molecular weight excluding hydrogens is 332 g/mol. The quantitative estimate of drug-likeness (QED) is 0.847. The minimum absolute atomic E-state index is 0.00794. The van der Waals surface area contributed by atoms with Crippen molar-refractivity contribution in [1.29, 1.82) is 0 Å². The van der Waals surface area contributed by atoms with E-state index in [0.29, 0.717) is 4.77 Å². The third-order valence-corrected chi connectivity index (χ3v) is 5.76. The van der Waals surface area contributed by atoms with Gasteiger partial charge in [0, 0.05) is 18.1 Å². The molecule has 1 fully saturated rings.